The van der Waals surface area contributed by atoms with Crippen LogP contribution < -0.4 is 4.74 Å². The number of aliphatic imine (C=N–C) groups is 1. The van der Waals surface area contributed by atoms with E-state index in [-0.39, 0.29) is 10.8 Å². The van der Waals surface area contributed by atoms with Crippen LogP contribution in [0.3, 0.4) is 0 Å². The number of rotatable bonds is 11. The number of hydrogen-bond donors (Lipinski definition) is 0. The highest BCUT2D eigenvalue weighted by Gasteiger charge is 2.25. The molecule has 0 fully saturated rings. The van der Waals surface area contributed by atoms with Crippen molar-refractivity contribution in [2.24, 2.45) is 4.99 Å². The number of benzene rings is 1. The molecule has 0 bridgehead atoms. The molecule has 0 radical (unpaired) electrons. The average Bonchev–Trinajstić information content (AvgIpc) is 2.60. The van der Waals surface area contributed by atoms with Crippen LogP contribution in [0.5, 0.6) is 5.75 Å². The lowest BCUT2D eigenvalue weighted by molar-refractivity contribution is 0.396. The minimum absolute atomic E-state index is 0.0483. The number of allylic oxidation sites excluding steroid dienone is 1. The monoisotopic (exact) mass is 385 g/mol. The lowest BCUT2D eigenvalue weighted by atomic mass is 9.78. The predicted molar refractivity (Wildman–Crippen MR) is 125 cm³/mol. The van der Waals surface area contributed by atoms with Crippen LogP contribution in [0.2, 0.25) is 0 Å². The van der Waals surface area contributed by atoms with Crippen molar-refractivity contribution >= 4 is 6.21 Å². The fourth-order valence-electron chi connectivity index (χ4n) is 3.47. The largest absolute Gasteiger partial charge is 0.496 e. The summed E-state index contributed by atoms with van der Waals surface area (Å²) in [5.74, 6) is 0.960. The van der Waals surface area contributed by atoms with Gasteiger partial charge < -0.3 is 4.74 Å². The van der Waals surface area contributed by atoms with Gasteiger partial charge in [-0.3, -0.25) is 4.99 Å². The van der Waals surface area contributed by atoms with Crippen molar-refractivity contribution in [1.29, 1.82) is 0 Å². The Labute approximate surface area is 174 Å². The van der Waals surface area contributed by atoms with Gasteiger partial charge >= 0.3 is 0 Å². The van der Waals surface area contributed by atoms with Crippen molar-refractivity contribution in [2.45, 2.75) is 97.3 Å². The highest BCUT2D eigenvalue weighted by molar-refractivity contribution is 5.83. The molecule has 158 valence electrons. The van der Waals surface area contributed by atoms with Gasteiger partial charge in [0.15, 0.2) is 0 Å². The summed E-state index contributed by atoms with van der Waals surface area (Å²) < 4.78 is 5.71. The lowest BCUT2D eigenvalue weighted by Crippen LogP contribution is -2.19. The third-order valence-corrected chi connectivity index (χ3v) is 5.16. The zero-order chi connectivity index (χ0) is 21.2. The van der Waals surface area contributed by atoms with Gasteiger partial charge in [-0.1, -0.05) is 79.4 Å². The molecular weight excluding hydrogens is 342 g/mol. The Kier molecular flexibility index (Phi) is 9.99. The zero-order valence-electron chi connectivity index (χ0n) is 19.5. The first-order chi connectivity index (χ1) is 13.1. The minimum Gasteiger partial charge on any atom is -0.496 e. The maximum absolute atomic E-state index is 5.71. The molecule has 0 heterocycles. The second-order valence-corrected chi connectivity index (χ2v) is 9.87. The molecule has 0 N–H and O–H groups in total. The molecule has 0 spiro atoms. The van der Waals surface area contributed by atoms with Crippen LogP contribution in [-0.4, -0.2) is 19.9 Å². The Balaban J connectivity index is 2.76. The quantitative estimate of drug-likeness (QED) is 0.218. The summed E-state index contributed by atoms with van der Waals surface area (Å²) in [5, 5.41) is 0. The molecule has 1 aromatic carbocycles. The van der Waals surface area contributed by atoms with Crippen molar-refractivity contribution in [3.8, 4) is 5.75 Å². The van der Waals surface area contributed by atoms with Gasteiger partial charge in [-0.25, -0.2) is 0 Å². The number of ether oxygens (including phenoxy) is 1. The van der Waals surface area contributed by atoms with Gasteiger partial charge in [0.1, 0.15) is 5.75 Å². The maximum Gasteiger partial charge on any atom is 0.123 e. The molecule has 0 aliphatic rings. The van der Waals surface area contributed by atoms with E-state index in [1.165, 1.54) is 55.2 Å². The zero-order valence-corrected chi connectivity index (χ0v) is 19.5. The van der Waals surface area contributed by atoms with E-state index >= 15 is 0 Å². The van der Waals surface area contributed by atoms with Crippen molar-refractivity contribution in [1.82, 2.24) is 0 Å². The smallest absolute Gasteiger partial charge is 0.123 e. The number of hydrogen-bond acceptors (Lipinski definition) is 2. The van der Waals surface area contributed by atoms with Crippen LogP contribution >= 0.6 is 0 Å². The van der Waals surface area contributed by atoms with E-state index in [4.69, 9.17) is 9.73 Å². The van der Waals surface area contributed by atoms with E-state index in [0.29, 0.717) is 0 Å². The molecule has 0 aromatic heterocycles. The predicted octanol–water partition coefficient (Wildman–Crippen LogP) is 7.63. The van der Waals surface area contributed by atoms with E-state index in [1.54, 1.807) is 7.11 Å². The molecule has 0 saturated carbocycles. The molecule has 0 atom stereocenters. The van der Waals surface area contributed by atoms with Gasteiger partial charge in [0.05, 0.1) is 7.11 Å². The average molecular weight is 386 g/mol. The Morgan fingerprint density at radius 3 is 1.96 bits per heavy atom. The van der Waals surface area contributed by atoms with Gasteiger partial charge in [0.25, 0.3) is 0 Å². The molecule has 0 saturated heterocycles. The molecule has 0 aliphatic carbocycles. The second kappa shape index (κ2) is 11.4. The number of unbranched alkanes of at least 4 members (excludes halogenated alkanes) is 6. The van der Waals surface area contributed by atoms with E-state index in [2.05, 4.69) is 66.5 Å². The molecule has 0 amide bonds. The van der Waals surface area contributed by atoms with Gasteiger partial charge in [0, 0.05) is 12.8 Å². The number of nitrogens with zero attached hydrogens (tertiary/aromatic N) is 1. The molecule has 1 rings (SSSR count). The summed E-state index contributed by atoms with van der Waals surface area (Å²) in [5.41, 5.74) is 3.89. The molecule has 1 aromatic rings. The van der Waals surface area contributed by atoms with Gasteiger partial charge in [0.2, 0.25) is 0 Å². The van der Waals surface area contributed by atoms with E-state index < -0.39 is 0 Å². The van der Waals surface area contributed by atoms with Crippen molar-refractivity contribution < 1.29 is 4.74 Å². The third-order valence-electron chi connectivity index (χ3n) is 5.16. The summed E-state index contributed by atoms with van der Waals surface area (Å²) in [6.45, 7) is 18.2. The summed E-state index contributed by atoms with van der Waals surface area (Å²) in [4.78, 5) is 4.74. The van der Waals surface area contributed by atoms with Crippen LogP contribution in [0, 0.1) is 0 Å². The first kappa shape index (κ1) is 24.5. The van der Waals surface area contributed by atoms with Crippen molar-refractivity contribution in [3.63, 3.8) is 0 Å². The Morgan fingerprint density at radius 1 is 0.857 bits per heavy atom. The topological polar surface area (TPSA) is 21.6 Å². The highest BCUT2D eigenvalue weighted by Crippen LogP contribution is 2.37. The van der Waals surface area contributed by atoms with E-state index in [9.17, 15) is 0 Å². The first-order valence-electron chi connectivity index (χ1n) is 10.9. The molecule has 2 nitrogen and oxygen atoms in total. The molecule has 2 heteroatoms. The summed E-state index contributed by atoms with van der Waals surface area (Å²) in [6, 6.07) is 4.49. The fourth-order valence-corrected chi connectivity index (χ4v) is 3.47. The van der Waals surface area contributed by atoms with Crippen LogP contribution in [0.15, 0.2) is 29.8 Å². The molecule has 28 heavy (non-hydrogen) atoms. The van der Waals surface area contributed by atoms with Gasteiger partial charge in [-0.2, -0.15) is 0 Å². The normalized spacial score (nSPS) is 12.5. The van der Waals surface area contributed by atoms with Crippen molar-refractivity contribution in [3.05, 3.63) is 41.5 Å². The van der Waals surface area contributed by atoms with E-state index in [1.807, 2.05) is 6.08 Å². The molecule has 0 aliphatic heterocycles. The highest BCUT2D eigenvalue weighted by atomic mass is 16.5. The SMILES string of the molecule is C=CCCCCCCCCN=Cc1cc(OC)c(C(C)(C)C)cc1C(C)(C)C. The van der Waals surface area contributed by atoms with Gasteiger partial charge in [-0.15, -0.1) is 6.58 Å². The second-order valence-electron chi connectivity index (χ2n) is 9.87. The minimum atomic E-state index is 0.0483. The maximum atomic E-state index is 5.71. The van der Waals surface area contributed by atoms with Gasteiger partial charge in [-0.05, 0) is 52.8 Å². The Hall–Kier alpha value is -1.57. The van der Waals surface area contributed by atoms with E-state index in [0.717, 1.165) is 18.7 Å². The first-order valence-corrected chi connectivity index (χ1v) is 10.9. The lowest BCUT2D eigenvalue weighted by Gasteiger charge is -2.28. The van der Waals surface area contributed by atoms with Crippen molar-refractivity contribution in [2.75, 3.05) is 13.7 Å². The summed E-state index contributed by atoms with van der Waals surface area (Å²) in [6.07, 6.45) is 12.9. The Bertz CT molecular complexity index is 629. The Morgan fingerprint density at radius 2 is 1.43 bits per heavy atom. The van der Waals surface area contributed by atoms with Crippen LogP contribution in [0.25, 0.3) is 0 Å². The molecule has 0 unspecified atom stereocenters. The third kappa shape index (κ3) is 8.20. The van der Waals surface area contributed by atoms with Crippen LogP contribution in [0.1, 0.15) is 103 Å². The van der Waals surface area contributed by atoms with Crippen LogP contribution in [0.4, 0.5) is 0 Å². The number of methoxy groups -OCH3 is 1. The summed E-state index contributed by atoms with van der Waals surface area (Å²) >= 11 is 0. The fraction of sp³-hybridized carbons (Fsp3) is 0.654. The molecular formula is C26H43NO. The summed E-state index contributed by atoms with van der Waals surface area (Å²) in [7, 11) is 1.76. The standard InChI is InChI=1S/C26H43NO/c1-9-10-11-12-13-14-15-16-17-27-20-21-18-24(28-8)23(26(5,6)7)19-22(21)25(2,3)4/h9,18-20H,1,10-17H2,2-8H3. The van der Waals surface area contributed by atoms with Crippen LogP contribution in [-0.2, 0) is 10.8 Å².